The zero-order chi connectivity index (χ0) is 14.5. The van der Waals surface area contributed by atoms with E-state index in [-0.39, 0.29) is 0 Å². The Balaban J connectivity index is 2.29. The fraction of sp³-hybridized carbons (Fsp3) is 0.647. The smallest absolute Gasteiger partial charge is 0.0438 e. The first-order valence-corrected chi connectivity index (χ1v) is 8.19. The normalized spacial score (nSPS) is 24.0. The summed E-state index contributed by atoms with van der Waals surface area (Å²) in [5, 5.41) is 4.26. The number of nitrogens with zero attached hydrogens (tertiary/aromatic N) is 1. The van der Waals surface area contributed by atoms with Crippen molar-refractivity contribution in [3.8, 4) is 0 Å². The van der Waals surface area contributed by atoms with Crippen LogP contribution in [0.1, 0.15) is 43.4 Å². The summed E-state index contributed by atoms with van der Waals surface area (Å²) in [7, 11) is 2.05. The Bertz CT molecular complexity index is 415. The molecule has 1 saturated heterocycles. The van der Waals surface area contributed by atoms with Crippen LogP contribution in [-0.4, -0.2) is 31.6 Å². The number of likely N-dealkylation sites (tertiary alicyclic amines) is 1. The molecule has 0 radical (unpaired) electrons. The zero-order valence-electron chi connectivity index (χ0n) is 13.0. The van der Waals surface area contributed by atoms with Crippen molar-refractivity contribution in [2.45, 2.75) is 39.2 Å². The van der Waals surface area contributed by atoms with Crippen LogP contribution in [0.15, 0.2) is 18.2 Å². The van der Waals surface area contributed by atoms with Crippen molar-refractivity contribution < 1.29 is 0 Å². The number of piperidine rings is 1. The molecule has 1 N–H and O–H groups in total. The molecule has 0 amide bonds. The minimum absolute atomic E-state index is 0.509. The van der Waals surface area contributed by atoms with Crippen LogP contribution >= 0.6 is 11.6 Å². The van der Waals surface area contributed by atoms with E-state index >= 15 is 0 Å². The molecule has 2 atom stereocenters. The number of rotatable bonds is 5. The molecule has 2 rings (SSSR count). The SMILES string of the molecule is CCCN1CCCC(CNC)C1c1ccc(C)c(Cl)c1. The molecular formula is C17H27ClN2. The summed E-state index contributed by atoms with van der Waals surface area (Å²) in [6, 6.07) is 7.11. The first-order valence-electron chi connectivity index (χ1n) is 7.82. The predicted octanol–water partition coefficient (Wildman–Crippen LogP) is 4.03. The molecule has 20 heavy (non-hydrogen) atoms. The Labute approximate surface area is 128 Å². The maximum Gasteiger partial charge on any atom is 0.0438 e. The van der Waals surface area contributed by atoms with Crippen molar-refractivity contribution in [2.75, 3.05) is 26.7 Å². The van der Waals surface area contributed by atoms with Gasteiger partial charge in [-0.05, 0) is 76.0 Å². The van der Waals surface area contributed by atoms with Gasteiger partial charge in [0, 0.05) is 11.1 Å². The van der Waals surface area contributed by atoms with Crippen molar-refractivity contribution >= 4 is 11.6 Å². The van der Waals surface area contributed by atoms with Gasteiger partial charge in [-0.25, -0.2) is 0 Å². The molecule has 1 aromatic rings. The summed E-state index contributed by atoms with van der Waals surface area (Å²) >= 11 is 6.35. The van der Waals surface area contributed by atoms with E-state index in [1.165, 1.54) is 43.5 Å². The Morgan fingerprint density at radius 2 is 2.20 bits per heavy atom. The monoisotopic (exact) mass is 294 g/mol. The topological polar surface area (TPSA) is 15.3 Å². The molecule has 1 heterocycles. The van der Waals surface area contributed by atoms with E-state index in [9.17, 15) is 0 Å². The summed E-state index contributed by atoms with van der Waals surface area (Å²) < 4.78 is 0. The van der Waals surface area contributed by atoms with Crippen molar-refractivity contribution in [1.29, 1.82) is 0 Å². The standard InChI is InChI=1S/C17H27ClN2/c1-4-9-20-10-5-6-15(12-19-3)17(20)14-8-7-13(2)16(18)11-14/h7-8,11,15,17,19H,4-6,9-10,12H2,1-3H3. The molecule has 1 aromatic carbocycles. The molecule has 2 nitrogen and oxygen atoms in total. The van der Waals surface area contributed by atoms with Crippen molar-refractivity contribution in [1.82, 2.24) is 10.2 Å². The minimum Gasteiger partial charge on any atom is -0.319 e. The summed E-state index contributed by atoms with van der Waals surface area (Å²) in [4.78, 5) is 2.65. The van der Waals surface area contributed by atoms with Gasteiger partial charge >= 0.3 is 0 Å². The summed E-state index contributed by atoms with van der Waals surface area (Å²) in [5.74, 6) is 0.680. The molecule has 112 valence electrons. The van der Waals surface area contributed by atoms with Gasteiger partial charge in [0.15, 0.2) is 0 Å². The average Bonchev–Trinajstić information content (AvgIpc) is 2.43. The largest absolute Gasteiger partial charge is 0.319 e. The maximum atomic E-state index is 6.35. The van der Waals surface area contributed by atoms with E-state index in [0.717, 1.165) is 11.6 Å². The highest BCUT2D eigenvalue weighted by Crippen LogP contribution is 2.37. The maximum absolute atomic E-state index is 6.35. The molecular weight excluding hydrogens is 268 g/mol. The number of hydrogen-bond donors (Lipinski definition) is 1. The lowest BCUT2D eigenvalue weighted by Crippen LogP contribution is -2.42. The number of benzene rings is 1. The fourth-order valence-corrected chi connectivity index (χ4v) is 3.63. The number of aryl methyl sites for hydroxylation is 1. The molecule has 3 heteroatoms. The van der Waals surface area contributed by atoms with E-state index < -0.39 is 0 Å². The second-order valence-electron chi connectivity index (χ2n) is 5.95. The molecule has 1 aliphatic rings. The van der Waals surface area contributed by atoms with E-state index in [1.807, 2.05) is 0 Å². The first kappa shape index (κ1) is 15.8. The van der Waals surface area contributed by atoms with Gasteiger partial charge in [-0.3, -0.25) is 4.90 Å². The second-order valence-corrected chi connectivity index (χ2v) is 6.36. The van der Waals surface area contributed by atoms with Crippen LogP contribution in [0.25, 0.3) is 0 Å². The summed E-state index contributed by atoms with van der Waals surface area (Å²) in [6.07, 6.45) is 3.82. The average molecular weight is 295 g/mol. The highest BCUT2D eigenvalue weighted by molar-refractivity contribution is 6.31. The number of halogens is 1. The zero-order valence-corrected chi connectivity index (χ0v) is 13.7. The first-order chi connectivity index (χ1) is 9.67. The molecule has 0 aliphatic carbocycles. The van der Waals surface area contributed by atoms with Gasteiger partial charge in [-0.15, -0.1) is 0 Å². The summed E-state index contributed by atoms with van der Waals surface area (Å²) in [5.41, 5.74) is 2.55. The van der Waals surface area contributed by atoms with E-state index in [0.29, 0.717) is 12.0 Å². The Morgan fingerprint density at radius 1 is 1.40 bits per heavy atom. The van der Waals surface area contributed by atoms with E-state index in [2.05, 4.69) is 49.3 Å². The van der Waals surface area contributed by atoms with Gasteiger partial charge in [-0.2, -0.15) is 0 Å². The minimum atomic E-state index is 0.509. The van der Waals surface area contributed by atoms with Crippen molar-refractivity contribution in [2.24, 2.45) is 5.92 Å². The summed E-state index contributed by atoms with van der Waals surface area (Å²) in [6.45, 7) is 7.81. The number of nitrogens with one attached hydrogen (secondary N) is 1. The van der Waals surface area contributed by atoms with Gasteiger partial charge < -0.3 is 5.32 Å². The Kier molecular flexibility index (Phi) is 5.88. The fourth-order valence-electron chi connectivity index (χ4n) is 3.44. The van der Waals surface area contributed by atoms with Crippen LogP contribution in [0, 0.1) is 12.8 Å². The van der Waals surface area contributed by atoms with Crippen LogP contribution in [0.3, 0.4) is 0 Å². The molecule has 0 saturated carbocycles. The van der Waals surface area contributed by atoms with Gasteiger partial charge in [-0.1, -0.05) is 30.7 Å². The van der Waals surface area contributed by atoms with Crippen molar-refractivity contribution in [3.05, 3.63) is 34.3 Å². The van der Waals surface area contributed by atoms with Crippen LogP contribution < -0.4 is 5.32 Å². The molecule has 0 bridgehead atoms. The predicted molar refractivity (Wildman–Crippen MR) is 87.4 cm³/mol. The highest BCUT2D eigenvalue weighted by atomic mass is 35.5. The van der Waals surface area contributed by atoms with E-state index in [1.54, 1.807) is 0 Å². The quantitative estimate of drug-likeness (QED) is 0.882. The molecule has 2 unspecified atom stereocenters. The molecule has 1 fully saturated rings. The van der Waals surface area contributed by atoms with Gasteiger partial charge in [0.25, 0.3) is 0 Å². The lowest BCUT2D eigenvalue weighted by molar-refractivity contribution is 0.0924. The van der Waals surface area contributed by atoms with Crippen LogP contribution in [0.4, 0.5) is 0 Å². The van der Waals surface area contributed by atoms with Crippen LogP contribution in [0.5, 0.6) is 0 Å². The van der Waals surface area contributed by atoms with Crippen molar-refractivity contribution in [3.63, 3.8) is 0 Å². The Morgan fingerprint density at radius 3 is 2.85 bits per heavy atom. The third-order valence-corrected chi connectivity index (χ3v) is 4.78. The van der Waals surface area contributed by atoms with Gasteiger partial charge in [0.1, 0.15) is 0 Å². The van der Waals surface area contributed by atoms with Gasteiger partial charge in [0.2, 0.25) is 0 Å². The highest BCUT2D eigenvalue weighted by Gasteiger charge is 2.31. The molecule has 0 aromatic heterocycles. The van der Waals surface area contributed by atoms with Crippen LogP contribution in [0.2, 0.25) is 5.02 Å². The second kappa shape index (κ2) is 7.44. The lowest BCUT2D eigenvalue weighted by Gasteiger charge is -2.42. The lowest BCUT2D eigenvalue weighted by atomic mass is 9.84. The third kappa shape index (κ3) is 3.55. The Hall–Kier alpha value is -0.570. The number of hydrogen-bond acceptors (Lipinski definition) is 2. The van der Waals surface area contributed by atoms with Crippen LogP contribution in [-0.2, 0) is 0 Å². The van der Waals surface area contributed by atoms with Gasteiger partial charge in [0.05, 0.1) is 0 Å². The molecule has 0 spiro atoms. The van der Waals surface area contributed by atoms with E-state index in [4.69, 9.17) is 11.6 Å². The third-order valence-electron chi connectivity index (χ3n) is 4.37. The molecule has 1 aliphatic heterocycles.